The van der Waals surface area contributed by atoms with Gasteiger partial charge in [0.1, 0.15) is 5.82 Å². The molecule has 0 aromatic heterocycles. The van der Waals surface area contributed by atoms with E-state index in [1.807, 2.05) is 0 Å². The van der Waals surface area contributed by atoms with Gasteiger partial charge in [-0.3, -0.25) is 14.5 Å². The molecule has 1 aliphatic rings. The van der Waals surface area contributed by atoms with Gasteiger partial charge >= 0.3 is 0 Å². The standard InChI is InChI=1S/C20H22FN3O3/c21-17-5-7-18(8-6-17)23-20(26)16-3-1-15(2-4-16)19(25)22-9-10-24-11-13-27-14-12-24/h1-8H,9-14H2,(H,22,25)(H,23,26). The van der Waals surface area contributed by atoms with Crippen LogP contribution in [0.1, 0.15) is 20.7 Å². The van der Waals surface area contributed by atoms with Crippen LogP contribution >= 0.6 is 0 Å². The van der Waals surface area contributed by atoms with E-state index in [2.05, 4.69) is 15.5 Å². The lowest BCUT2D eigenvalue weighted by Crippen LogP contribution is -2.41. The van der Waals surface area contributed by atoms with E-state index in [-0.39, 0.29) is 17.6 Å². The number of hydrogen-bond acceptors (Lipinski definition) is 4. The first kappa shape index (κ1) is 19.0. The Hall–Kier alpha value is -2.77. The minimum atomic E-state index is -0.364. The van der Waals surface area contributed by atoms with Crippen LogP contribution < -0.4 is 10.6 Å². The van der Waals surface area contributed by atoms with Crippen molar-refractivity contribution in [1.82, 2.24) is 10.2 Å². The SMILES string of the molecule is O=C(NCCN1CCOCC1)c1ccc(C(=O)Nc2ccc(F)cc2)cc1. The van der Waals surface area contributed by atoms with Crippen LogP contribution in [0.15, 0.2) is 48.5 Å². The highest BCUT2D eigenvalue weighted by Crippen LogP contribution is 2.11. The highest BCUT2D eigenvalue weighted by atomic mass is 19.1. The molecule has 7 heteroatoms. The fourth-order valence-corrected chi connectivity index (χ4v) is 2.76. The summed E-state index contributed by atoms with van der Waals surface area (Å²) in [5, 5.41) is 5.57. The lowest BCUT2D eigenvalue weighted by Gasteiger charge is -2.26. The van der Waals surface area contributed by atoms with Crippen molar-refractivity contribution >= 4 is 17.5 Å². The lowest BCUT2D eigenvalue weighted by atomic mass is 10.1. The van der Waals surface area contributed by atoms with Gasteiger partial charge < -0.3 is 15.4 Å². The monoisotopic (exact) mass is 371 g/mol. The molecule has 1 aliphatic heterocycles. The second kappa shape index (κ2) is 9.25. The van der Waals surface area contributed by atoms with Gasteiger partial charge in [0.25, 0.3) is 11.8 Å². The summed E-state index contributed by atoms with van der Waals surface area (Å²) in [7, 11) is 0. The highest BCUT2D eigenvalue weighted by Gasteiger charge is 2.12. The molecule has 2 amide bonds. The zero-order valence-electron chi connectivity index (χ0n) is 14.9. The van der Waals surface area contributed by atoms with E-state index in [0.29, 0.717) is 23.4 Å². The van der Waals surface area contributed by atoms with Crippen molar-refractivity contribution in [3.05, 3.63) is 65.5 Å². The molecule has 1 saturated heterocycles. The zero-order valence-corrected chi connectivity index (χ0v) is 14.9. The molecule has 0 unspecified atom stereocenters. The number of rotatable bonds is 6. The number of benzene rings is 2. The Balaban J connectivity index is 1.49. The molecule has 0 atom stereocenters. The molecule has 0 bridgehead atoms. The summed E-state index contributed by atoms with van der Waals surface area (Å²) in [5.74, 6) is -0.855. The Kier molecular flexibility index (Phi) is 6.51. The molecule has 27 heavy (non-hydrogen) atoms. The third kappa shape index (κ3) is 5.60. The molecule has 0 aliphatic carbocycles. The minimum absolute atomic E-state index is 0.172. The summed E-state index contributed by atoms with van der Waals surface area (Å²) >= 11 is 0. The number of morpholine rings is 1. The maximum absolute atomic E-state index is 12.9. The van der Waals surface area contributed by atoms with Crippen molar-refractivity contribution in [2.75, 3.05) is 44.7 Å². The molecule has 142 valence electrons. The molecule has 1 heterocycles. The molecule has 0 saturated carbocycles. The molecule has 2 N–H and O–H groups in total. The normalized spacial score (nSPS) is 14.6. The molecule has 2 aromatic rings. The number of nitrogens with zero attached hydrogens (tertiary/aromatic N) is 1. The smallest absolute Gasteiger partial charge is 0.255 e. The van der Waals surface area contributed by atoms with E-state index >= 15 is 0 Å². The van der Waals surface area contributed by atoms with Gasteiger partial charge in [-0.25, -0.2) is 4.39 Å². The van der Waals surface area contributed by atoms with Crippen LogP contribution in [0.25, 0.3) is 0 Å². The van der Waals surface area contributed by atoms with Crippen LogP contribution in [0.3, 0.4) is 0 Å². The second-order valence-electron chi connectivity index (χ2n) is 6.25. The maximum atomic E-state index is 12.9. The molecule has 3 rings (SSSR count). The first-order chi connectivity index (χ1) is 13.1. The zero-order chi connectivity index (χ0) is 19.1. The highest BCUT2D eigenvalue weighted by molar-refractivity contribution is 6.05. The predicted octanol–water partition coefficient (Wildman–Crippen LogP) is 2.14. The van der Waals surface area contributed by atoms with E-state index in [1.54, 1.807) is 24.3 Å². The first-order valence-electron chi connectivity index (χ1n) is 8.87. The van der Waals surface area contributed by atoms with Gasteiger partial charge in [-0.05, 0) is 48.5 Å². The van der Waals surface area contributed by atoms with Crippen LogP contribution in [0.4, 0.5) is 10.1 Å². The summed E-state index contributed by atoms with van der Waals surface area (Å²) in [4.78, 5) is 26.6. The molecular formula is C20H22FN3O3. The van der Waals surface area contributed by atoms with Crippen molar-refractivity contribution in [3.8, 4) is 0 Å². The van der Waals surface area contributed by atoms with Gasteiger partial charge in [0.05, 0.1) is 13.2 Å². The summed E-state index contributed by atoms with van der Waals surface area (Å²) in [5.41, 5.74) is 1.42. The van der Waals surface area contributed by atoms with Crippen molar-refractivity contribution in [3.63, 3.8) is 0 Å². The van der Waals surface area contributed by atoms with Gasteiger partial charge in [0.15, 0.2) is 0 Å². The average Bonchev–Trinajstić information content (AvgIpc) is 2.70. The lowest BCUT2D eigenvalue weighted by molar-refractivity contribution is 0.0383. The van der Waals surface area contributed by atoms with Crippen molar-refractivity contribution < 1.29 is 18.7 Å². The number of nitrogens with one attached hydrogen (secondary N) is 2. The fraction of sp³-hybridized carbons (Fsp3) is 0.300. The van der Waals surface area contributed by atoms with Crippen LogP contribution in [0.5, 0.6) is 0 Å². The Bertz CT molecular complexity index is 772. The van der Waals surface area contributed by atoms with Gasteiger partial charge in [-0.1, -0.05) is 0 Å². The van der Waals surface area contributed by atoms with E-state index in [9.17, 15) is 14.0 Å². The first-order valence-corrected chi connectivity index (χ1v) is 8.87. The van der Waals surface area contributed by atoms with Gasteiger partial charge in [0.2, 0.25) is 0 Å². The minimum Gasteiger partial charge on any atom is -0.379 e. The maximum Gasteiger partial charge on any atom is 0.255 e. The van der Waals surface area contributed by atoms with Crippen molar-refractivity contribution in [2.45, 2.75) is 0 Å². The van der Waals surface area contributed by atoms with E-state index in [1.165, 1.54) is 24.3 Å². The second-order valence-corrected chi connectivity index (χ2v) is 6.25. The largest absolute Gasteiger partial charge is 0.379 e. The summed E-state index contributed by atoms with van der Waals surface area (Å²) in [6.07, 6.45) is 0. The van der Waals surface area contributed by atoms with Crippen LogP contribution in [-0.4, -0.2) is 56.1 Å². The summed E-state index contributed by atoms with van der Waals surface area (Å²) in [6, 6.07) is 12.0. The molecule has 0 spiro atoms. The van der Waals surface area contributed by atoms with E-state index in [4.69, 9.17) is 4.74 Å². The van der Waals surface area contributed by atoms with E-state index in [0.717, 1.165) is 32.8 Å². The number of hydrogen-bond donors (Lipinski definition) is 2. The number of amides is 2. The third-order valence-electron chi connectivity index (χ3n) is 4.33. The van der Waals surface area contributed by atoms with E-state index < -0.39 is 0 Å². The number of carbonyl (C=O) groups excluding carboxylic acids is 2. The van der Waals surface area contributed by atoms with Gasteiger partial charge in [-0.15, -0.1) is 0 Å². The van der Waals surface area contributed by atoms with Crippen LogP contribution in [0, 0.1) is 5.82 Å². The number of halogens is 1. The van der Waals surface area contributed by atoms with Gasteiger partial charge in [0, 0.05) is 43.0 Å². The van der Waals surface area contributed by atoms with Crippen LogP contribution in [-0.2, 0) is 4.74 Å². The Morgan fingerprint density at radius 1 is 0.926 bits per heavy atom. The quantitative estimate of drug-likeness (QED) is 0.816. The topological polar surface area (TPSA) is 70.7 Å². The van der Waals surface area contributed by atoms with Crippen LogP contribution in [0.2, 0.25) is 0 Å². The Labute approximate surface area is 157 Å². The summed E-state index contributed by atoms with van der Waals surface area (Å²) < 4.78 is 18.2. The van der Waals surface area contributed by atoms with Gasteiger partial charge in [-0.2, -0.15) is 0 Å². The predicted molar refractivity (Wildman–Crippen MR) is 100 cm³/mol. The van der Waals surface area contributed by atoms with Crippen molar-refractivity contribution in [1.29, 1.82) is 0 Å². The summed E-state index contributed by atoms with van der Waals surface area (Å²) in [6.45, 7) is 4.57. The average molecular weight is 371 g/mol. The molecule has 2 aromatic carbocycles. The van der Waals surface area contributed by atoms with Crippen molar-refractivity contribution in [2.24, 2.45) is 0 Å². The third-order valence-corrected chi connectivity index (χ3v) is 4.33. The molecule has 0 radical (unpaired) electrons. The molecular weight excluding hydrogens is 349 g/mol. The number of anilines is 1. The number of carbonyl (C=O) groups is 2. The molecule has 1 fully saturated rings. The Morgan fingerprint density at radius 3 is 2.15 bits per heavy atom. The fourth-order valence-electron chi connectivity index (χ4n) is 2.76. The Morgan fingerprint density at radius 2 is 1.52 bits per heavy atom. The number of ether oxygens (including phenoxy) is 1. The molecule has 6 nitrogen and oxygen atoms in total.